The number of rotatable bonds is 8. The summed E-state index contributed by atoms with van der Waals surface area (Å²) in [7, 11) is 1.53. The molecule has 0 spiro atoms. The number of hydrogen-bond acceptors (Lipinski definition) is 6. The van der Waals surface area contributed by atoms with Gasteiger partial charge in [-0.1, -0.05) is 47.5 Å². The topological polar surface area (TPSA) is 80.2 Å². The van der Waals surface area contributed by atoms with Crippen LogP contribution in [-0.2, 0) is 9.59 Å². The van der Waals surface area contributed by atoms with Crippen LogP contribution in [0.5, 0.6) is 11.5 Å². The molecule has 0 atom stereocenters. The summed E-state index contributed by atoms with van der Waals surface area (Å²) < 4.78 is 12.0. The van der Waals surface area contributed by atoms with Crippen LogP contribution in [0.4, 0.5) is 17.1 Å². The molecule has 218 valence electrons. The molecule has 4 aromatic rings. The molecule has 1 fully saturated rings. The van der Waals surface area contributed by atoms with E-state index in [2.05, 4.69) is 21.2 Å². The Morgan fingerprint density at radius 1 is 0.953 bits per heavy atom. The van der Waals surface area contributed by atoms with Gasteiger partial charge in [0.2, 0.25) is 0 Å². The van der Waals surface area contributed by atoms with Gasteiger partial charge in [0.05, 0.1) is 27.9 Å². The van der Waals surface area contributed by atoms with Crippen molar-refractivity contribution in [3.05, 3.63) is 117 Å². The number of nitrogens with one attached hydrogen (secondary N) is 1. The Kier molecular flexibility index (Phi) is 9.33. The number of benzene rings is 4. The molecule has 1 N–H and O–H groups in total. The van der Waals surface area contributed by atoms with Gasteiger partial charge in [-0.05, 0) is 114 Å². The Hall–Kier alpha value is -4.34. The molecule has 9 heteroatoms. The van der Waals surface area contributed by atoms with E-state index < -0.39 is 0 Å². The molecule has 7 nitrogen and oxygen atoms in total. The molecule has 0 bridgehead atoms. The maximum atomic E-state index is 13.7. The highest BCUT2D eigenvalue weighted by Crippen LogP contribution is 2.41. The predicted molar refractivity (Wildman–Crippen MR) is 179 cm³/mol. The van der Waals surface area contributed by atoms with E-state index in [1.165, 1.54) is 18.9 Å². The normalized spacial score (nSPS) is 14.8. The van der Waals surface area contributed by atoms with Crippen molar-refractivity contribution in [3.63, 3.8) is 0 Å². The molecule has 0 aliphatic carbocycles. The molecule has 0 aromatic heterocycles. The van der Waals surface area contributed by atoms with Crippen LogP contribution in [0, 0.1) is 20.8 Å². The molecule has 1 aliphatic rings. The van der Waals surface area contributed by atoms with Gasteiger partial charge in [0.15, 0.2) is 23.3 Å². The molecule has 2 amide bonds. The van der Waals surface area contributed by atoms with Crippen LogP contribution in [0.2, 0.25) is 0 Å². The lowest BCUT2D eigenvalue weighted by molar-refractivity contribution is -0.118. The van der Waals surface area contributed by atoms with Crippen molar-refractivity contribution in [1.29, 1.82) is 0 Å². The summed E-state index contributed by atoms with van der Waals surface area (Å²) in [5.41, 5.74) is 6.20. The van der Waals surface area contributed by atoms with Crippen LogP contribution in [0.3, 0.4) is 0 Å². The maximum absolute atomic E-state index is 13.7. The first kappa shape index (κ1) is 30.1. The van der Waals surface area contributed by atoms with Gasteiger partial charge in [-0.25, -0.2) is 4.99 Å². The fourth-order valence-corrected chi connectivity index (χ4v) is 5.95. The molecule has 0 saturated carbocycles. The largest absolute Gasteiger partial charge is 0.493 e. The number of carbonyl (C=O) groups is 2. The van der Waals surface area contributed by atoms with Gasteiger partial charge in [0.25, 0.3) is 11.8 Å². The van der Waals surface area contributed by atoms with E-state index in [1.54, 1.807) is 17.0 Å². The van der Waals surface area contributed by atoms with Gasteiger partial charge in [0, 0.05) is 5.69 Å². The summed E-state index contributed by atoms with van der Waals surface area (Å²) in [6.45, 7) is 5.78. The lowest BCUT2D eigenvalue weighted by Crippen LogP contribution is -2.28. The Morgan fingerprint density at radius 3 is 2.33 bits per heavy atom. The van der Waals surface area contributed by atoms with Crippen LogP contribution in [-0.4, -0.2) is 30.7 Å². The third-order valence-corrected chi connectivity index (χ3v) is 8.11. The average Bonchev–Trinajstić information content (AvgIpc) is 3.27. The predicted octanol–water partition coefficient (Wildman–Crippen LogP) is 8.21. The number of methoxy groups -OCH3 is 1. The number of amidine groups is 1. The third kappa shape index (κ3) is 7.36. The van der Waals surface area contributed by atoms with Gasteiger partial charge >= 0.3 is 0 Å². The second kappa shape index (κ2) is 13.3. The third-order valence-electron chi connectivity index (χ3n) is 6.56. The van der Waals surface area contributed by atoms with E-state index in [0.717, 1.165) is 33.6 Å². The van der Waals surface area contributed by atoms with Gasteiger partial charge in [-0.2, -0.15) is 0 Å². The molecule has 1 saturated heterocycles. The average molecular weight is 657 g/mol. The van der Waals surface area contributed by atoms with Gasteiger partial charge in [0.1, 0.15) is 0 Å². The molecular weight excluding hydrogens is 626 g/mol. The first-order valence-electron chi connectivity index (χ1n) is 13.5. The SMILES string of the molecule is COc1cc(/C=C2\SC(=Nc3ccc(C)cc3)N(c3ccc(C)cc3)C2=O)cc(Br)c1OCC(=O)Nc1cccc(C)c1. The molecule has 5 rings (SSSR count). The molecular formula is C34H30BrN3O4S. The van der Waals surface area contributed by atoms with Crippen molar-refractivity contribution < 1.29 is 19.1 Å². The van der Waals surface area contributed by atoms with Gasteiger partial charge < -0.3 is 14.8 Å². The lowest BCUT2D eigenvalue weighted by atomic mass is 10.1. The van der Waals surface area contributed by atoms with E-state index in [4.69, 9.17) is 14.5 Å². The molecule has 1 aliphatic heterocycles. The Balaban J connectivity index is 1.40. The minimum Gasteiger partial charge on any atom is -0.493 e. The number of aliphatic imine (C=N–C) groups is 1. The number of ether oxygens (including phenoxy) is 2. The number of thioether (sulfide) groups is 1. The second-order valence-corrected chi connectivity index (χ2v) is 11.9. The number of carbonyl (C=O) groups excluding carboxylic acids is 2. The van der Waals surface area contributed by atoms with Gasteiger partial charge in [-0.3, -0.25) is 14.5 Å². The monoisotopic (exact) mass is 655 g/mol. The van der Waals surface area contributed by atoms with Gasteiger partial charge in [-0.15, -0.1) is 0 Å². The number of halogens is 1. The Bertz CT molecular complexity index is 1730. The number of aryl methyl sites for hydroxylation is 3. The highest BCUT2D eigenvalue weighted by molar-refractivity contribution is 9.10. The van der Waals surface area contributed by atoms with Crippen molar-refractivity contribution in [2.75, 3.05) is 23.9 Å². The fraction of sp³-hybridized carbons (Fsp3) is 0.147. The zero-order valence-corrected chi connectivity index (χ0v) is 26.6. The molecule has 1 heterocycles. The summed E-state index contributed by atoms with van der Waals surface area (Å²) in [6, 6.07) is 26.8. The number of nitrogens with zero attached hydrogens (tertiary/aromatic N) is 2. The van der Waals surface area contributed by atoms with Crippen molar-refractivity contribution in [1.82, 2.24) is 0 Å². The standard InChI is InChI=1S/C34H30BrN3O4S/c1-21-8-12-25(13-9-21)37-34-38(27-14-10-22(2)11-15-27)33(40)30(43-34)19-24-17-28(35)32(29(18-24)41-4)42-20-31(39)36-26-7-5-6-23(3)16-26/h5-19H,20H2,1-4H3,(H,36,39)/b30-19-,37-34?. The van der Waals surface area contributed by atoms with Crippen LogP contribution in [0.15, 0.2) is 99.3 Å². The maximum Gasteiger partial charge on any atom is 0.271 e. The second-order valence-electron chi connectivity index (χ2n) is 10.1. The van der Waals surface area contributed by atoms with Crippen molar-refractivity contribution in [2.24, 2.45) is 4.99 Å². The van der Waals surface area contributed by atoms with E-state index in [-0.39, 0.29) is 18.4 Å². The van der Waals surface area contributed by atoms with Crippen molar-refractivity contribution in [2.45, 2.75) is 20.8 Å². The smallest absolute Gasteiger partial charge is 0.271 e. The zero-order valence-electron chi connectivity index (χ0n) is 24.2. The van der Waals surface area contributed by atoms with Crippen LogP contribution in [0.25, 0.3) is 6.08 Å². The van der Waals surface area contributed by atoms with Crippen LogP contribution < -0.4 is 19.7 Å². The minimum atomic E-state index is -0.296. The quantitative estimate of drug-likeness (QED) is 0.194. The Labute approximate surface area is 263 Å². The Morgan fingerprint density at radius 2 is 1.65 bits per heavy atom. The van der Waals surface area contributed by atoms with Crippen LogP contribution >= 0.6 is 27.7 Å². The fourth-order valence-electron chi connectivity index (χ4n) is 4.37. The van der Waals surface area contributed by atoms with Crippen molar-refractivity contribution >= 4 is 67.8 Å². The number of hydrogen-bond donors (Lipinski definition) is 1. The van der Waals surface area contributed by atoms with E-state index in [0.29, 0.717) is 31.7 Å². The lowest BCUT2D eigenvalue weighted by Gasteiger charge is -2.16. The molecule has 0 radical (unpaired) electrons. The highest BCUT2D eigenvalue weighted by Gasteiger charge is 2.35. The van der Waals surface area contributed by atoms with Crippen molar-refractivity contribution in [3.8, 4) is 11.5 Å². The molecule has 0 unspecified atom stereocenters. The first-order chi connectivity index (χ1) is 20.7. The summed E-state index contributed by atoms with van der Waals surface area (Å²) in [4.78, 5) is 33.2. The summed E-state index contributed by atoms with van der Waals surface area (Å²) in [6.07, 6.45) is 1.80. The minimum absolute atomic E-state index is 0.178. The summed E-state index contributed by atoms with van der Waals surface area (Å²) in [5, 5.41) is 3.40. The molecule has 43 heavy (non-hydrogen) atoms. The summed E-state index contributed by atoms with van der Waals surface area (Å²) >= 11 is 4.86. The molecule has 4 aromatic carbocycles. The number of amides is 2. The van der Waals surface area contributed by atoms with E-state index in [1.807, 2.05) is 99.6 Å². The van der Waals surface area contributed by atoms with Crippen LogP contribution in [0.1, 0.15) is 22.3 Å². The zero-order chi connectivity index (χ0) is 30.5. The number of anilines is 2. The van der Waals surface area contributed by atoms with E-state index >= 15 is 0 Å². The summed E-state index contributed by atoms with van der Waals surface area (Å²) in [5.74, 6) is 0.333. The highest BCUT2D eigenvalue weighted by atomic mass is 79.9. The first-order valence-corrected chi connectivity index (χ1v) is 15.1. The van der Waals surface area contributed by atoms with E-state index in [9.17, 15) is 9.59 Å².